The van der Waals surface area contributed by atoms with Crippen LogP contribution in [0.5, 0.6) is 5.75 Å². The number of amides is 1. The first-order valence-electron chi connectivity index (χ1n) is 4.93. The molecule has 1 aromatic rings. The van der Waals surface area contributed by atoms with Crippen LogP contribution in [-0.2, 0) is 4.79 Å². The lowest BCUT2D eigenvalue weighted by Gasteiger charge is -2.08. The first-order valence-corrected chi connectivity index (χ1v) is 4.93. The van der Waals surface area contributed by atoms with Crippen molar-refractivity contribution in [3.05, 3.63) is 28.3 Å². The lowest BCUT2D eigenvalue weighted by Crippen LogP contribution is -2.24. The molecule has 0 heterocycles. The number of phenols is 1. The molecular weight excluding hydrogens is 262 g/mol. The number of nitrogens with two attached hydrogens (primary N) is 1. The van der Waals surface area contributed by atoms with Gasteiger partial charge in [-0.3, -0.25) is 14.9 Å². The Morgan fingerprint density at radius 2 is 2.22 bits per heavy atom. The minimum Gasteiger partial charge on any atom is -0.506 e. The second-order valence-corrected chi connectivity index (χ2v) is 3.69. The quantitative estimate of drug-likeness (QED) is 0.436. The van der Waals surface area contributed by atoms with Gasteiger partial charge in [-0.15, -0.1) is 12.4 Å². The summed E-state index contributed by atoms with van der Waals surface area (Å²) < 4.78 is 0. The molecule has 7 nitrogen and oxygen atoms in total. The zero-order chi connectivity index (χ0) is 13.0. The fraction of sp³-hybridized carbons (Fsp3) is 0.300. The maximum atomic E-state index is 11.4. The van der Waals surface area contributed by atoms with E-state index in [4.69, 9.17) is 5.73 Å². The van der Waals surface area contributed by atoms with Crippen molar-refractivity contribution in [1.29, 1.82) is 0 Å². The second-order valence-electron chi connectivity index (χ2n) is 3.69. The molecular formula is C10H14ClN3O4. The molecule has 0 bridgehead atoms. The standard InChI is InChI=1S/C10H13N3O4.ClH/c1-6(11)4-10(15)12-8-5-7(13(16)17)2-3-9(8)14;/h2-3,5-6,14H,4,11H2,1H3,(H,12,15);1H. The van der Waals surface area contributed by atoms with Gasteiger partial charge >= 0.3 is 0 Å². The molecule has 0 aliphatic carbocycles. The van der Waals surface area contributed by atoms with E-state index in [9.17, 15) is 20.0 Å². The predicted octanol–water partition coefficient (Wildman–Crippen LogP) is 1.40. The Morgan fingerprint density at radius 1 is 1.61 bits per heavy atom. The van der Waals surface area contributed by atoms with Gasteiger partial charge in [-0.05, 0) is 13.0 Å². The van der Waals surface area contributed by atoms with Gasteiger partial charge in [-0.25, -0.2) is 0 Å². The van der Waals surface area contributed by atoms with E-state index in [0.29, 0.717) is 0 Å². The Balaban J connectivity index is 0.00000289. The van der Waals surface area contributed by atoms with Crippen LogP contribution in [0.25, 0.3) is 0 Å². The van der Waals surface area contributed by atoms with E-state index in [1.807, 2.05) is 0 Å². The number of hydrogen-bond acceptors (Lipinski definition) is 5. The summed E-state index contributed by atoms with van der Waals surface area (Å²) in [7, 11) is 0. The number of nitrogens with one attached hydrogen (secondary N) is 1. The number of anilines is 1. The molecule has 0 aliphatic rings. The largest absolute Gasteiger partial charge is 0.506 e. The van der Waals surface area contributed by atoms with Crippen molar-refractivity contribution < 1.29 is 14.8 Å². The highest BCUT2D eigenvalue weighted by molar-refractivity contribution is 5.92. The SMILES string of the molecule is CC(N)CC(=O)Nc1cc([N+](=O)[O-])ccc1O.Cl. The molecule has 1 aromatic carbocycles. The molecule has 100 valence electrons. The Labute approximate surface area is 110 Å². The molecule has 1 atom stereocenters. The Bertz CT molecular complexity index is 451. The number of nitro groups is 1. The van der Waals surface area contributed by atoms with Crippen molar-refractivity contribution in [2.24, 2.45) is 5.73 Å². The summed E-state index contributed by atoms with van der Waals surface area (Å²) in [5.74, 6) is -0.635. The fourth-order valence-electron chi connectivity index (χ4n) is 1.23. The van der Waals surface area contributed by atoms with Gasteiger partial charge in [0.05, 0.1) is 10.6 Å². The molecule has 18 heavy (non-hydrogen) atoms. The van der Waals surface area contributed by atoms with Crippen LogP contribution in [0.2, 0.25) is 0 Å². The van der Waals surface area contributed by atoms with Crippen LogP contribution in [0.3, 0.4) is 0 Å². The average molecular weight is 276 g/mol. The van der Waals surface area contributed by atoms with E-state index in [0.717, 1.165) is 18.2 Å². The van der Waals surface area contributed by atoms with Gasteiger partial charge in [0.2, 0.25) is 5.91 Å². The Morgan fingerprint density at radius 3 is 2.72 bits per heavy atom. The number of rotatable bonds is 4. The number of carbonyl (C=O) groups excluding carboxylic acids is 1. The van der Waals surface area contributed by atoms with Crippen LogP contribution in [0, 0.1) is 10.1 Å². The first-order chi connectivity index (χ1) is 7.90. The lowest BCUT2D eigenvalue weighted by atomic mass is 10.2. The molecule has 0 fully saturated rings. The van der Waals surface area contributed by atoms with Gasteiger partial charge in [-0.1, -0.05) is 0 Å². The summed E-state index contributed by atoms with van der Waals surface area (Å²) >= 11 is 0. The van der Waals surface area contributed by atoms with E-state index in [-0.39, 0.29) is 42.0 Å². The van der Waals surface area contributed by atoms with Gasteiger partial charge in [0, 0.05) is 24.6 Å². The molecule has 4 N–H and O–H groups in total. The van der Waals surface area contributed by atoms with E-state index in [2.05, 4.69) is 5.32 Å². The van der Waals surface area contributed by atoms with E-state index in [1.54, 1.807) is 6.92 Å². The van der Waals surface area contributed by atoms with Crippen molar-refractivity contribution in [3.63, 3.8) is 0 Å². The van der Waals surface area contributed by atoms with Crippen molar-refractivity contribution in [2.45, 2.75) is 19.4 Å². The average Bonchev–Trinajstić information content (AvgIpc) is 2.19. The summed E-state index contributed by atoms with van der Waals surface area (Å²) in [5, 5.41) is 22.3. The highest BCUT2D eigenvalue weighted by atomic mass is 35.5. The summed E-state index contributed by atoms with van der Waals surface area (Å²) in [6.45, 7) is 1.66. The molecule has 0 saturated carbocycles. The zero-order valence-electron chi connectivity index (χ0n) is 9.62. The van der Waals surface area contributed by atoms with Crippen LogP contribution < -0.4 is 11.1 Å². The number of nitro benzene ring substituents is 1. The van der Waals surface area contributed by atoms with E-state index in [1.165, 1.54) is 0 Å². The molecule has 0 aliphatic heterocycles. The van der Waals surface area contributed by atoms with Crippen molar-refractivity contribution in [2.75, 3.05) is 5.32 Å². The van der Waals surface area contributed by atoms with Crippen molar-refractivity contribution >= 4 is 29.7 Å². The highest BCUT2D eigenvalue weighted by Gasteiger charge is 2.13. The Kier molecular flexibility index (Phi) is 6.07. The van der Waals surface area contributed by atoms with Crippen LogP contribution >= 0.6 is 12.4 Å². The monoisotopic (exact) mass is 275 g/mol. The van der Waals surface area contributed by atoms with Crippen LogP contribution in [0.1, 0.15) is 13.3 Å². The smallest absolute Gasteiger partial charge is 0.271 e. The second kappa shape index (κ2) is 6.77. The third kappa shape index (κ3) is 4.56. The lowest BCUT2D eigenvalue weighted by molar-refractivity contribution is -0.384. The number of phenolic OH excluding ortho intramolecular Hbond substituents is 1. The van der Waals surface area contributed by atoms with E-state index < -0.39 is 10.8 Å². The maximum absolute atomic E-state index is 11.4. The summed E-state index contributed by atoms with van der Waals surface area (Å²) in [5.41, 5.74) is 5.23. The van der Waals surface area contributed by atoms with Crippen molar-refractivity contribution in [1.82, 2.24) is 0 Å². The van der Waals surface area contributed by atoms with Crippen LogP contribution in [0.15, 0.2) is 18.2 Å². The molecule has 1 unspecified atom stereocenters. The topological polar surface area (TPSA) is 118 Å². The number of non-ortho nitro benzene ring substituents is 1. The molecule has 0 aromatic heterocycles. The van der Waals surface area contributed by atoms with Crippen LogP contribution in [-0.4, -0.2) is 22.0 Å². The molecule has 0 radical (unpaired) electrons. The summed E-state index contributed by atoms with van der Waals surface area (Å²) in [6.07, 6.45) is 0.0716. The van der Waals surface area contributed by atoms with E-state index >= 15 is 0 Å². The summed E-state index contributed by atoms with van der Waals surface area (Å²) in [4.78, 5) is 21.3. The zero-order valence-corrected chi connectivity index (χ0v) is 10.4. The fourth-order valence-corrected chi connectivity index (χ4v) is 1.23. The minimum atomic E-state index is -0.610. The van der Waals surface area contributed by atoms with Gasteiger partial charge in [-0.2, -0.15) is 0 Å². The predicted molar refractivity (Wildman–Crippen MR) is 68.9 cm³/mol. The normalized spacial score (nSPS) is 11.2. The Hall–Kier alpha value is -1.86. The highest BCUT2D eigenvalue weighted by Crippen LogP contribution is 2.27. The van der Waals surface area contributed by atoms with Gasteiger partial charge in [0.1, 0.15) is 5.75 Å². The molecule has 1 rings (SSSR count). The van der Waals surface area contributed by atoms with Gasteiger partial charge in [0.15, 0.2) is 0 Å². The first kappa shape index (κ1) is 16.1. The maximum Gasteiger partial charge on any atom is 0.271 e. The van der Waals surface area contributed by atoms with Crippen LogP contribution in [0.4, 0.5) is 11.4 Å². The summed E-state index contributed by atoms with van der Waals surface area (Å²) in [6, 6.07) is 3.07. The minimum absolute atomic E-state index is 0. The van der Waals surface area contributed by atoms with Gasteiger partial charge in [0.25, 0.3) is 5.69 Å². The molecule has 1 amide bonds. The number of carbonyl (C=O) groups is 1. The third-order valence-electron chi connectivity index (χ3n) is 1.97. The number of nitrogens with zero attached hydrogens (tertiary/aromatic N) is 1. The van der Waals surface area contributed by atoms with Crippen molar-refractivity contribution in [3.8, 4) is 5.75 Å². The molecule has 8 heteroatoms. The number of aromatic hydroxyl groups is 1. The number of halogens is 1. The third-order valence-corrected chi connectivity index (χ3v) is 1.97. The molecule has 0 saturated heterocycles. The van der Waals surface area contributed by atoms with Gasteiger partial charge < -0.3 is 16.2 Å². The number of hydrogen-bond donors (Lipinski definition) is 3. The number of benzene rings is 1. The molecule has 0 spiro atoms.